The first-order valence-corrected chi connectivity index (χ1v) is 2.07. The topological polar surface area (TPSA) is 66.8 Å². The fourth-order valence-electron chi connectivity index (χ4n) is 0.141. The van der Waals surface area contributed by atoms with E-state index in [0.29, 0.717) is 0 Å². The van der Waals surface area contributed by atoms with Crippen molar-refractivity contribution >= 4 is 6.47 Å². The van der Waals surface area contributed by atoms with E-state index in [1.807, 2.05) is 0 Å². The van der Waals surface area contributed by atoms with E-state index >= 15 is 0 Å². The highest BCUT2D eigenvalue weighted by Crippen LogP contribution is 1.99. The number of aliphatic hydroxyl groups excluding tert-OH is 1. The highest BCUT2D eigenvalue weighted by atomic mass is 16.7. The molecule has 0 bridgehead atoms. The molecule has 0 fully saturated rings. The minimum atomic E-state index is -1.72. The summed E-state index contributed by atoms with van der Waals surface area (Å²) in [6.07, 6.45) is 0. The summed E-state index contributed by atoms with van der Waals surface area (Å²) < 4.78 is 4.00. The molecule has 0 radical (unpaired) electrons. The Balaban J connectivity index is 3.53. The van der Waals surface area contributed by atoms with Crippen molar-refractivity contribution in [3.05, 3.63) is 0 Å². The first kappa shape index (κ1) is 7.39. The molecule has 0 aliphatic heterocycles. The molecule has 0 heterocycles. The van der Waals surface area contributed by atoms with Gasteiger partial charge in [0.2, 0.25) is 5.79 Å². The molecule has 0 spiro atoms. The molecule has 0 saturated carbocycles. The van der Waals surface area contributed by atoms with Gasteiger partial charge in [0.1, 0.15) is 6.61 Å². The van der Waals surface area contributed by atoms with Crippen LogP contribution in [0, 0.1) is 0 Å². The van der Waals surface area contributed by atoms with Crippen LogP contribution in [0.15, 0.2) is 0 Å². The fraction of sp³-hybridized carbons (Fsp3) is 0.750. The molecule has 0 saturated heterocycles. The van der Waals surface area contributed by atoms with Crippen molar-refractivity contribution < 1.29 is 19.7 Å². The summed E-state index contributed by atoms with van der Waals surface area (Å²) in [5.41, 5.74) is 0. The Labute approximate surface area is 46.7 Å². The van der Waals surface area contributed by atoms with Crippen LogP contribution in [-0.4, -0.2) is 29.1 Å². The van der Waals surface area contributed by atoms with Crippen molar-refractivity contribution in [1.29, 1.82) is 0 Å². The number of aliphatic hydroxyl groups is 2. The number of rotatable bonds is 3. The maximum Gasteiger partial charge on any atom is 0.295 e. The zero-order valence-electron chi connectivity index (χ0n) is 4.50. The summed E-state index contributed by atoms with van der Waals surface area (Å²) in [5.74, 6) is -1.72. The number of carbonyl (C=O) groups excluding carboxylic acids is 1. The molecule has 8 heavy (non-hydrogen) atoms. The van der Waals surface area contributed by atoms with E-state index in [9.17, 15) is 4.79 Å². The van der Waals surface area contributed by atoms with Gasteiger partial charge in [-0.05, 0) is 0 Å². The lowest BCUT2D eigenvalue weighted by atomic mass is 10.4. The smallest absolute Gasteiger partial charge is 0.295 e. The standard InChI is InChI=1S/C4H8O4/c1-4(7,2-5)8-3-6/h3,5,7H,2H2,1H3. The zero-order chi connectivity index (χ0) is 6.62. The van der Waals surface area contributed by atoms with Gasteiger partial charge < -0.3 is 14.9 Å². The Bertz CT molecular complexity index is 78.1. The minimum absolute atomic E-state index is 0.0796. The molecule has 1 unspecified atom stereocenters. The summed E-state index contributed by atoms with van der Waals surface area (Å²) in [7, 11) is 0. The minimum Gasteiger partial charge on any atom is -0.433 e. The zero-order valence-corrected chi connectivity index (χ0v) is 4.50. The largest absolute Gasteiger partial charge is 0.433 e. The van der Waals surface area contributed by atoms with Crippen molar-refractivity contribution in [3.63, 3.8) is 0 Å². The maximum atomic E-state index is 9.49. The van der Waals surface area contributed by atoms with Gasteiger partial charge in [-0.1, -0.05) is 0 Å². The SMILES string of the molecule is CC(O)(CO)OC=O. The van der Waals surface area contributed by atoms with Crippen LogP contribution >= 0.6 is 0 Å². The van der Waals surface area contributed by atoms with E-state index in [2.05, 4.69) is 4.74 Å². The van der Waals surface area contributed by atoms with E-state index in [-0.39, 0.29) is 6.47 Å². The molecule has 0 aromatic heterocycles. The highest BCUT2D eigenvalue weighted by molar-refractivity contribution is 5.37. The van der Waals surface area contributed by atoms with Crippen molar-refractivity contribution in [2.75, 3.05) is 6.61 Å². The second-order valence-electron chi connectivity index (χ2n) is 1.55. The van der Waals surface area contributed by atoms with E-state index in [0.717, 1.165) is 0 Å². The van der Waals surface area contributed by atoms with Crippen LogP contribution in [-0.2, 0) is 9.53 Å². The Morgan fingerprint density at radius 2 is 2.38 bits per heavy atom. The van der Waals surface area contributed by atoms with Gasteiger partial charge in [-0.2, -0.15) is 0 Å². The maximum absolute atomic E-state index is 9.49. The number of carbonyl (C=O) groups is 1. The first-order valence-electron chi connectivity index (χ1n) is 2.07. The molecule has 0 aromatic rings. The van der Waals surface area contributed by atoms with Crippen LogP contribution in [0.5, 0.6) is 0 Å². The van der Waals surface area contributed by atoms with E-state index in [1.54, 1.807) is 0 Å². The highest BCUT2D eigenvalue weighted by Gasteiger charge is 2.18. The lowest BCUT2D eigenvalue weighted by Crippen LogP contribution is -2.31. The van der Waals surface area contributed by atoms with Crippen molar-refractivity contribution in [2.24, 2.45) is 0 Å². The van der Waals surface area contributed by atoms with Crippen LogP contribution < -0.4 is 0 Å². The lowest BCUT2D eigenvalue weighted by Gasteiger charge is -2.16. The van der Waals surface area contributed by atoms with Gasteiger partial charge in [0.25, 0.3) is 6.47 Å². The van der Waals surface area contributed by atoms with Crippen molar-refractivity contribution in [3.8, 4) is 0 Å². The van der Waals surface area contributed by atoms with Gasteiger partial charge in [-0.25, -0.2) is 0 Å². The first-order chi connectivity index (χ1) is 3.62. The van der Waals surface area contributed by atoms with E-state index in [4.69, 9.17) is 10.2 Å². The van der Waals surface area contributed by atoms with Crippen LogP contribution in [0.1, 0.15) is 6.92 Å². The van der Waals surface area contributed by atoms with Crippen LogP contribution in [0.2, 0.25) is 0 Å². The average Bonchev–Trinajstić information content (AvgIpc) is 1.67. The van der Waals surface area contributed by atoms with Gasteiger partial charge in [0.15, 0.2) is 0 Å². The predicted octanol–water partition coefficient (Wildman–Crippen LogP) is -1.14. The van der Waals surface area contributed by atoms with Crippen LogP contribution in [0.25, 0.3) is 0 Å². The third-order valence-electron chi connectivity index (χ3n) is 0.595. The van der Waals surface area contributed by atoms with Crippen molar-refractivity contribution in [2.45, 2.75) is 12.7 Å². The molecule has 0 aromatic carbocycles. The normalized spacial score (nSPS) is 16.9. The fourth-order valence-corrected chi connectivity index (χ4v) is 0.141. The Hall–Kier alpha value is -0.610. The van der Waals surface area contributed by atoms with Gasteiger partial charge in [-0.15, -0.1) is 0 Å². The molecular formula is C4H8O4. The van der Waals surface area contributed by atoms with Crippen LogP contribution in [0.4, 0.5) is 0 Å². The third kappa shape index (κ3) is 2.54. The number of ether oxygens (including phenoxy) is 1. The van der Waals surface area contributed by atoms with E-state index < -0.39 is 12.4 Å². The van der Waals surface area contributed by atoms with Gasteiger partial charge >= 0.3 is 0 Å². The number of hydrogen-bond acceptors (Lipinski definition) is 4. The lowest BCUT2D eigenvalue weighted by molar-refractivity contribution is -0.201. The summed E-state index contributed by atoms with van der Waals surface area (Å²) in [6, 6.07) is 0. The molecule has 1 atom stereocenters. The second kappa shape index (κ2) is 2.64. The average molecular weight is 120 g/mol. The molecule has 0 rings (SSSR count). The summed E-state index contributed by atoms with van der Waals surface area (Å²) in [5, 5.41) is 16.8. The Morgan fingerprint density at radius 1 is 1.88 bits per heavy atom. The molecule has 0 amide bonds. The predicted molar refractivity (Wildman–Crippen MR) is 24.9 cm³/mol. The molecular weight excluding hydrogens is 112 g/mol. The molecule has 0 aliphatic rings. The molecule has 4 nitrogen and oxygen atoms in total. The molecule has 48 valence electrons. The van der Waals surface area contributed by atoms with Crippen LogP contribution in [0.3, 0.4) is 0 Å². The summed E-state index contributed by atoms with van der Waals surface area (Å²) >= 11 is 0. The third-order valence-corrected chi connectivity index (χ3v) is 0.595. The molecule has 4 heteroatoms. The molecule has 0 aliphatic carbocycles. The van der Waals surface area contributed by atoms with Gasteiger partial charge in [-0.3, -0.25) is 4.79 Å². The summed E-state index contributed by atoms with van der Waals surface area (Å²) in [4.78, 5) is 9.49. The Kier molecular flexibility index (Phi) is 2.44. The van der Waals surface area contributed by atoms with Gasteiger partial charge in [0.05, 0.1) is 0 Å². The number of hydrogen-bond donors (Lipinski definition) is 2. The molecule has 2 N–H and O–H groups in total. The Morgan fingerprint density at radius 3 is 2.50 bits per heavy atom. The quantitative estimate of drug-likeness (QED) is 0.365. The van der Waals surface area contributed by atoms with Crippen molar-refractivity contribution in [1.82, 2.24) is 0 Å². The van der Waals surface area contributed by atoms with Gasteiger partial charge in [0, 0.05) is 6.92 Å². The monoisotopic (exact) mass is 120 g/mol. The second-order valence-corrected chi connectivity index (χ2v) is 1.55. The summed E-state index contributed by atoms with van der Waals surface area (Å²) in [6.45, 7) is 0.670. The van der Waals surface area contributed by atoms with E-state index in [1.165, 1.54) is 6.92 Å².